The molecule has 7 nitrogen and oxygen atoms in total. The van der Waals surface area contributed by atoms with Gasteiger partial charge in [-0.1, -0.05) is 6.07 Å². The van der Waals surface area contributed by atoms with Crippen molar-refractivity contribution in [2.24, 2.45) is 0 Å². The summed E-state index contributed by atoms with van der Waals surface area (Å²) in [6.07, 6.45) is 4.99. The number of rotatable bonds is 6. The quantitative estimate of drug-likeness (QED) is 0.554. The van der Waals surface area contributed by atoms with Gasteiger partial charge in [0.25, 0.3) is 5.91 Å². The number of hydrogen-bond acceptors (Lipinski definition) is 6. The summed E-state index contributed by atoms with van der Waals surface area (Å²) in [5.74, 6) is 0.296. The second-order valence-corrected chi connectivity index (χ2v) is 6.37. The number of ether oxygens (including phenoxy) is 3. The zero-order chi connectivity index (χ0) is 21.0. The predicted molar refractivity (Wildman–Crippen MR) is 107 cm³/mol. The Bertz CT molecular complexity index is 996. The second kappa shape index (κ2) is 8.60. The Hall–Kier alpha value is -3.61. The molecule has 0 bridgehead atoms. The van der Waals surface area contributed by atoms with Crippen LogP contribution in [0.1, 0.15) is 18.1 Å². The number of pyridine rings is 1. The van der Waals surface area contributed by atoms with Crippen LogP contribution < -0.4 is 9.47 Å². The summed E-state index contributed by atoms with van der Waals surface area (Å²) in [5, 5.41) is 0. The van der Waals surface area contributed by atoms with E-state index in [1.807, 2.05) is 6.07 Å². The van der Waals surface area contributed by atoms with Gasteiger partial charge in [-0.05, 0) is 36.8 Å². The molecule has 0 radical (unpaired) electrons. The topological polar surface area (TPSA) is 78.0 Å². The molecule has 0 N–H and O–H groups in total. The lowest BCUT2D eigenvalue weighted by molar-refractivity contribution is -0.136. The number of carbonyl (C=O) groups is 2. The molecule has 7 heteroatoms. The van der Waals surface area contributed by atoms with E-state index in [0.717, 1.165) is 5.56 Å². The third kappa shape index (κ3) is 3.99. The molecule has 1 aliphatic rings. The van der Waals surface area contributed by atoms with Crippen LogP contribution >= 0.6 is 0 Å². The van der Waals surface area contributed by atoms with Crippen molar-refractivity contribution in [1.82, 2.24) is 9.88 Å². The van der Waals surface area contributed by atoms with E-state index in [4.69, 9.17) is 14.2 Å². The number of hydrogen-bond donors (Lipinski definition) is 0. The van der Waals surface area contributed by atoms with Crippen molar-refractivity contribution >= 4 is 18.0 Å². The van der Waals surface area contributed by atoms with Crippen molar-refractivity contribution in [2.45, 2.75) is 13.5 Å². The first-order valence-electron chi connectivity index (χ1n) is 8.94. The smallest absolute Gasteiger partial charge is 0.340 e. The summed E-state index contributed by atoms with van der Waals surface area (Å²) >= 11 is 0. The number of amides is 1. The number of benzene rings is 1. The van der Waals surface area contributed by atoms with Crippen molar-refractivity contribution in [1.29, 1.82) is 0 Å². The Morgan fingerprint density at radius 3 is 2.59 bits per heavy atom. The highest BCUT2D eigenvalue weighted by atomic mass is 16.5. The highest BCUT2D eigenvalue weighted by Gasteiger charge is 2.37. The van der Waals surface area contributed by atoms with Gasteiger partial charge in [0, 0.05) is 29.7 Å². The first-order valence-corrected chi connectivity index (χ1v) is 8.94. The van der Waals surface area contributed by atoms with Gasteiger partial charge >= 0.3 is 5.97 Å². The van der Waals surface area contributed by atoms with Crippen LogP contribution in [0.4, 0.5) is 0 Å². The molecule has 0 unspecified atom stereocenters. The van der Waals surface area contributed by atoms with Crippen LogP contribution in [-0.4, -0.2) is 43.1 Å². The van der Waals surface area contributed by atoms with Crippen LogP contribution in [0.5, 0.6) is 11.5 Å². The molecule has 2 aromatic rings. The highest BCUT2D eigenvalue weighted by Crippen LogP contribution is 2.35. The molecule has 1 aromatic heterocycles. The molecule has 1 aromatic carbocycles. The van der Waals surface area contributed by atoms with Crippen LogP contribution in [0.25, 0.3) is 6.08 Å². The molecule has 29 heavy (non-hydrogen) atoms. The fourth-order valence-corrected chi connectivity index (χ4v) is 3.19. The third-order valence-corrected chi connectivity index (χ3v) is 4.71. The van der Waals surface area contributed by atoms with Crippen molar-refractivity contribution in [3.8, 4) is 11.5 Å². The summed E-state index contributed by atoms with van der Waals surface area (Å²) in [5.41, 5.74) is 2.52. The minimum absolute atomic E-state index is 0.235. The van der Waals surface area contributed by atoms with Gasteiger partial charge in [0.1, 0.15) is 11.5 Å². The number of carbonyl (C=O) groups excluding carboxylic acids is 2. The Morgan fingerprint density at radius 1 is 1.17 bits per heavy atom. The van der Waals surface area contributed by atoms with Gasteiger partial charge < -0.3 is 19.1 Å². The molecule has 3 rings (SSSR count). The van der Waals surface area contributed by atoms with E-state index < -0.39 is 5.97 Å². The molecule has 0 saturated heterocycles. The van der Waals surface area contributed by atoms with E-state index in [9.17, 15) is 9.59 Å². The van der Waals surface area contributed by atoms with Gasteiger partial charge in [-0.3, -0.25) is 9.78 Å². The second-order valence-electron chi connectivity index (χ2n) is 6.37. The first kappa shape index (κ1) is 20.1. The van der Waals surface area contributed by atoms with E-state index in [2.05, 4.69) is 4.98 Å². The van der Waals surface area contributed by atoms with Gasteiger partial charge in [0.05, 0.1) is 39.0 Å². The standard InChI is InChI=1S/C22H22N2O5/c1-14-20(22(26)29-4)18(10-16-7-8-17(27-2)11-19(16)28-3)21(25)24(14)13-15-6-5-9-23-12-15/h5-12H,13H2,1-4H3/b18-10-. The van der Waals surface area contributed by atoms with Crippen LogP contribution in [0, 0.1) is 0 Å². The third-order valence-electron chi connectivity index (χ3n) is 4.71. The summed E-state index contributed by atoms with van der Waals surface area (Å²) < 4.78 is 15.6. The zero-order valence-corrected chi connectivity index (χ0v) is 16.8. The molecule has 0 spiro atoms. The number of esters is 1. The van der Waals surface area contributed by atoms with Crippen LogP contribution in [0.15, 0.2) is 59.6 Å². The molecular weight excluding hydrogens is 372 g/mol. The summed E-state index contributed by atoms with van der Waals surface area (Å²) in [7, 11) is 4.39. The number of allylic oxidation sites excluding steroid dienone is 1. The SMILES string of the molecule is COC(=O)C1=C(C)N(Cc2cccnc2)C(=O)/C1=C\c1ccc(OC)cc1OC. The molecule has 150 valence electrons. The maximum atomic E-state index is 13.2. The summed E-state index contributed by atoms with van der Waals surface area (Å²) in [4.78, 5) is 31.3. The number of aromatic nitrogens is 1. The zero-order valence-electron chi connectivity index (χ0n) is 16.8. The Kier molecular flexibility index (Phi) is 5.97. The van der Waals surface area contributed by atoms with Crippen molar-refractivity contribution < 1.29 is 23.8 Å². The molecule has 2 heterocycles. The number of nitrogens with zero attached hydrogens (tertiary/aromatic N) is 2. The predicted octanol–water partition coefficient (Wildman–Crippen LogP) is 2.97. The van der Waals surface area contributed by atoms with Crippen LogP contribution in [-0.2, 0) is 20.9 Å². The molecule has 1 amide bonds. The fraction of sp³-hybridized carbons (Fsp3) is 0.227. The van der Waals surface area contributed by atoms with E-state index in [-0.39, 0.29) is 17.1 Å². The van der Waals surface area contributed by atoms with Gasteiger partial charge in [0.2, 0.25) is 0 Å². The van der Waals surface area contributed by atoms with E-state index in [0.29, 0.717) is 29.3 Å². The average Bonchev–Trinajstić information content (AvgIpc) is 2.98. The Balaban J connectivity index is 2.06. The van der Waals surface area contributed by atoms with Crippen LogP contribution in [0.3, 0.4) is 0 Å². The maximum Gasteiger partial charge on any atom is 0.340 e. The molecule has 0 atom stereocenters. The van der Waals surface area contributed by atoms with Gasteiger partial charge in [-0.25, -0.2) is 4.79 Å². The Labute approximate surface area is 169 Å². The largest absolute Gasteiger partial charge is 0.497 e. The monoisotopic (exact) mass is 394 g/mol. The minimum atomic E-state index is -0.566. The fourth-order valence-electron chi connectivity index (χ4n) is 3.19. The molecule has 0 saturated carbocycles. The van der Waals surface area contributed by atoms with Gasteiger partial charge in [-0.15, -0.1) is 0 Å². The van der Waals surface area contributed by atoms with Crippen molar-refractivity contribution in [3.05, 3.63) is 70.7 Å². The first-order chi connectivity index (χ1) is 14.0. The number of methoxy groups -OCH3 is 3. The minimum Gasteiger partial charge on any atom is -0.497 e. The molecule has 0 fully saturated rings. The van der Waals surface area contributed by atoms with Crippen molar-refractivity contribution in [2.75, 3.05) is 21.3 Å². The lowest BCUT2D eigenvalue weighted by Crippen LogP contribution is -2.24. The van der Waals surface area contributed by atoms with Crippen molar-refractivity contribution in [3.63, 3.8) is 0 Å². The van der Waals surface area contributed by atoms with Gasteiger partial charge in [-0.2, -0.15) is 0 Å². The van der Waals surface area contributed by atoms with Crippen LogP contribution in [0.2, 0.25) is 0 Å². The summed E-state index contributed by atoms with van der Waals surface area (Å²) in [6, 6.07) is 8.92. The lowest BCUT2D eigenvalue weighted by atomic mass is 10.0. The maximum absolute atomic E-state index is 13.2. The van der Waals surface area contributed by atoms with E-state index in [1.165, 1.54) is 14.2 Å². The molecule has 0 aliphatic carbocycles. The Morgan fingerprint density at radius 2 is 1.97 bits per heavy atom. The molecular formula is C22H22N2O5. The highest BCUT2D eigenvalue weighted by molar-refractivity contribution is 6.16. The van der Waals surface area contributed by atoms with E-state index >= 15 is 0 Å². The van der Waals surface area contributed by atoms with Gasteiger partial charge in [0.15, 0.2) is 0 Å². The lowest BCUT2D eigenvalue weighted by Gasteiger charge is -2.17. The van der Waals surface area contributed by atoms with E-state index in [1.54, 1.807) is 61.7 Å². The average molecular weight is 394 g/mol. The molecule has 1 aliphatic heterocycles. The summed E-state index contributed by atoms with van der Waals surface area (Å²) in [6.45, 7) is 2.03. The normalized spacial score (nSPS) is 15.1.